The van der Waals surface area contributed by atoms with Crippen molar-refractivity contribution in [2.24, 2.45) is 4.99 Å². The Hall–Kier alpha value is -2.96. The van der Waals surface area contributed by atoms with Gasteiger partial charge in [0.15, 0.2) is 4.80 Å². The minimum absolute atomic E-state index is 0.197. The molecule has 0 radical (unpaired) electrons. The van der Waals surface area contributed by atoms with Crippen molar-refractivity contribution in [2.75, 3.05) is 6.61 Å². The molecule has 0 saturated carbocycles. The highest BCUT2D eigenvalue weighted by Crippen LogP contribution is 2.31. The van der Waals surface area contributed by atoms with Gasteiger partial charge in [-0.2, -0.15) is 0 Å². The number of carbonyl (C=O) groups excluding carboxylic acids is 1. The van der Waals surface area contributed by atoms with Gasteiger partial charge in [0.2, 0.25) is 0 Å². The van der Waals surface area contributed by atoms with Crippen LogP contribution in [0.5, 0.6) is 0 Å². The Bertz CT molecular complexity index is 1310. The quantitative estimate of drug-likeness (QED) is 0.586. The second-order valence-electron chi connectivity index (χ2n) is 6.76. The van der Waals surface area contributed by atoms with Crippen LogP contribution in [0.2, 0.25) is 5.02 Å². The van der Waals surface area contributed by atoms with E-state index in [9.17, 15) is 9.59 Å². The summed E-state index contributed by atoms with van der Waals surface area (Å²) in [6, 6.07) is 16.1. The van der Waals surface area contributed by atoms with Crippen LogP contribution in [0.15, 0.2) is 75.7 Å². The Morgan fingerprint density at radius 3 is 2.57 bits per heavy atom. The van der Waals surface area contributed by atoms with Crippen LogP contribution in [0.25, 0.3) is 6.08 Å². The van der Waals surface area contributed by atoms with E-state index < -0.39 is 12.0 Å². The normalized spacial score (nSPS) is 16.2. The average Bonchev–Trinajstić information content (AvgIpc) is 3.03. The summed E-state index contributed by atoms with van der Waals surface area (Å²) in [4.78, 5) is 31.3. The van der Waals surface area contributed by atoms with E-state index in [1.165, 1.54) is 11.3 Å². The number of hydrogen-bond donors (Lipinski definition) is 0. The number of carbonyl (C=O) groups is 1. The van der Waals surface area contributed by atoms with Crippen LogP contribution in [0.1, 0.15) is 31.0 Å². The Morgan fingerprint density at radius 1 is 1.20 bits per heavy atom. The van der Waals surface area contributed by atoms with Gasteiger partial charge in [-0.3, -0.25) is 9.36 Å². The van der Waals surface area contributed by atoms with Crippen LogP contribution >= 0.6 is 22.9 Å². The predicted molar refractivity (Wildman–Crippen MR) is 118 cm³/mol. The van der Waals surface area contributed by atoms with E-state index >= 15 is 0 Å². The smallest absolute Gasteiger partial charge is 0.338 e. The van der Waals surface area contributed by atoms with E-state index in [1.807, 2.05) is 48.5 Å². The number of fused-ring (bicyclic) bond motifs is 1. The molecule has 0 unspecified atom stereocenters. The topological polar surface area (TPSA) is 60.7 Å². The summed E-state index contributed by atoms with van der Waals surface area (Å²) in [5, 5.41) is 0.577. The first kappa shape index (κ1) is 20.3. The maximum Gasteiger partial charge on any atom is 0.338 e. The number of halogens is 1. The SMILES string of the molecule is CCOC(=O)C1=C(C)N=c2s/c(=C\c3ccccc3)c(=O)n2[C@@H]1c1ccc(Cl)cc1. The van der Waals surface area contributed by atoms with Gasteiger partial charge in [0.05, 0.1) is 28.5 Å². The van der Waals surface area contributed by atoms with Crippen molar-refractivity contribution in [1.29, 1.82) is 0 Å². The number of thiazole rings is 1. The van der Waals surface area contributed by atoms with Gasteiger partial charge in [-0.05, 0) is 43.2 Å². The zero-order chi connectivity index (χ0) is 21.3. The molecule has 152 valence electrons. The highest BCUT2D eigenvalue weighted by molar-refractivity contribution is 7.07. The second-order valence-corrected chi connectivity index (χ2v) is 8.21. The van der Waals surface area contributed by atoms with Crippen molar-refractivity contribution in [1.82, 2.24) is 4.57 Å². The number of aromatic nitrogens is 1. The van der Waals surface area contributed by atoms with E-state index in [0.717, 1.165) is 11.1 Å². The van der Waals surface area contributed by atoms with Crippen LogP contribution in [-0.2, 0) is 9.53 Å². The van der Waals surface area contributed by atoms with E-state index in [1.54, 1.807) is 30.5 Å². The molecule has 1 aromatic heterocycles. The van der Waals surface area contributed by atoms with Crippen molar-refractivity contribution in [3.05, 3.63) is 102 Å². The highest BCUT2D eigenvalue weighted by Gasteiger charge is 2.33. The first-order chi connectivity index (χ1) is 14.5. The van der Waals surface area contributed by atoms with Gasteiger partial charge in [0.1, 0.15) is 0 Å². The highest BCUT2D eigenvalue weighted by atomic mass is 35.5. The molecule has 3 aromatic rings. The zero-order valence-corrected chi connectivity index (χ0v) is 18.0. The fourth-order valence-corrected chi connectivity index (χ4v) is 4.63. The standard InChI is InChI=1S/C23H19ClN2O3S/c1-3-29-22(28)19-14(2)25-23-26(20(19)16-9-11-17(24)12-10-16)21(27)18(30-23)13-15-7-5-4-6-8-15/h4-13,20H,3H2,1-2H3/b18-13-/t20-/m1/s1. The van der Waals surface area contributed by atoms with Gasteiger partial charge in [0.25, 0.3) is 5.56 Å². The molecule has 0 spiro atoms. The maximum atomic E-state index is 13.4. The van der Waals surface area contributed by atoms with E-state index in [4.69, 9.17) is 16.3 Å². The fraction of sp³-hybridized carbons (Fsp3) is 0.174. The summed E-state index contributed by atoms with van der Waals surface area (Å²) >= 11 is 7.37. The van der Waals surface area contributed by atoms with Gasteiger partial charge in [0, 0.05) is 5.02 Å². The summed E-state index contributed by atoms with van der Waals surface area (Å²) in [6.45, 7) is 3.75. The first-order valence-electron chi connectivity index (χ1n) is 9.49. The molecule has 2 heterocycles. The van der Waals surface area contributed by atoms with E-state index in [-0.39, 0.29) is 12.2 Å². The molecule has 30 heavy (non-hydrogen) atoms. The van der Waals surface area contributed by atoms with Gasteiger partial charge >= 0.3 is 5.97 Å². The lowest BCUT2D eigenvalue weighted by atomic mass is 9.96. The second kappa shape index (κ2) is 8.42. The van der Waals surface area contributed by atoms with Crippen LogP contribution in [0.4, 0.5) is 0 Å². The van der Waals surface area contributed by atoms with Crippen molar-refractivity contribution in [2.45, 2.75) is 19.9 Å². The Balaban J connectivity index is 1.96. The Labute approximate surface area is 182 Å². The number of nitrogens with zero attached hydrogens (tertiary/aromatic N) is 2. The lowest BCUT2D eigenvalue weighted by molar-refractivity contribution is -0.139. The Kier molecular flexibility index (Phi) is 5.70. The fourth-order valence-electron chi connectivity index (χ4n) is 3.45. The van der Waals surface area contributed by atoms with Crippen molar-refractivity contribution in [3.8, 4) is 0 Å². The molecule has 4 rings (SSSR count). The largest absolute Gasteiger partial charge is 0.463 e. The van der Waals surface area contributed by atoms with Crippen molar-refractivity contribution >= 4 is 35.0 Å². The third-order valence-electron chi connectivity index (χ3n) is 4.80. The molecule has 0 fully saturated rings. The molecule has 1 aliphatic heterocycles. The average molecular weight is 439 g/mol. The predicted octanol–water partition coefficient (Wildman–Crippen LogP) is 3.45. The summed E-state index contributed by atoms with van der Waals surface area (Å²) in [5.74, 6) is -0.476. The molecule has 0 saturated heterocycles. The number of allylic oxidation sites excluding steroid dienone is 1. The van der Waals surface area contributed by atoms with Crippen molar-refractivity contribution < 1.29 is 9.53 Å². The molecule has 0 amide bonds. The molecule has 5 nitrogen and oxygen atoms in total. The van der Waals surface area contributed by atoms with E-state index in [0.29, 0.717) is 25.6 Å². The lowest BCUT2D eigenvalue weighted by Gasteiger charge is -2.24. The zero-order valence-electron chi connectivity index (χ0n) is 16.5. The molecule has 7 heteroatoms. The van der Waals surface area contributed by atoms with Gasteiger partial charge in [-0.1, -0.05) is 65.4 Å². The summed E-state index contributed by atoms with van der Waals surface area (Å²) in [6.07, 6.45) is 1.84. The number of rotatable bonds is 4. The van der Waals surface area contributed by atoms with Crippen LogP contribution in [0.3, 0.4) is 0 Å². The first-order valence-corrected chi connectivity index (χ1v) is 10.7. The molecule has 0 N–H and O–H groups in total. The Morgan fingerprint density at radius 2 is 1.90 bits per heavy atom. The number of hydrogen-bond acceptors (Lipinski definition) is 5. The minimum Gasteiger partial charge on any atom is -0.463 e. The molecular formula is C23H19ClN2O3S. The number of ether oxygens (including phenoxy) is 1. The maximum absolute atomic E-state index is 13.4. The number of benzene rings is 2. The van der Waals surface area contributed by atoms with Crippen LogP contribution in [0, 0.1) is 0 Å². The summed E-state index contributed by atoms with van der Waals surface area (Å²) in [5.41, 5.74) is 2.40. The third-order valence-corrected chi connectivity index (χ3v) is 6.04. The molecule has 0 bridgehead atoms. The molecule has 1 atom stereocenters. The van der Waals surface area contributed by atoms with E-state index in [2.05, 4.69) is 4.99 Å². The van der Waals surface area contributed by atoms with Crippen molar-refractivity contribution in [3.63, 3.8) is 0 Å². The molecule has 1 aliphatic rings. The minimum atomic E-state index is -0.629. The molecule has 2 aromatic carbocycles. The van der Waals surface area contributed by atoms with Crippen LogP contribution in [-0.4, -0.2) is 17.1 Å². The number of esters is 1. The summed E-state index contributed by atoms with van der Waals surface area (Å²) in [7, 11) is 0. The van der Waals surface area contributed by atoms with Gasteiger partial charge < -0.3 is 4.74 Å². The molecule has 0 aliphatic carbocycles. The third kappa shape index (κ3) is 3.76. The van der Waals surface area contributed by atoms with Gasteiger partial charge in [-0.15, -0.1) is 0 Å². The molecular weight excluding hydrogens is 420 g/mol. The summed E-state index contributed by atoms with van der Waals surface area (Å²) < 4.78 is 7.41. The van der Waals surface area contributed by atoms with Crippen LogP contribution < -0.4 is 14.9 Å². The lowest BCUT2D eigenvalue weighted by Crippen LogP contribution is -2.39. The monoisotopic (exact) mass is 438 g/mol. The van der Waals surface area contributed by atoms with Gasteiger partial charge in [-0.25, -0.2) is 9.79 Å².